The van der Waals surface area contributed by atoms with Gasteiger partial charge < -0.3 is 9.84 Å². The van der Waals surface area contributed by atoms with Crippen LogP contribution in [-0.2, 0) is 14.8 Å². The topological polar surface area (TPSA) is 110 Å². The Labute approximate surface area is 145 Å². The molecule has 0 spiro atoms. The van der Waals surface area contributed by atoms with Crippen LogP contribution in [0.2, 0.25) is 0 Å². The van der Waals surface area contributed by atoms with Crippen molar-refractivity contribution in [1.82, 2.24) is 9.46 Å². The molecule has 9 heteroatoms. The molecule has 2 aromatic rings. The van der Waals surface area contributed by atoms with Crippen molar-refractivity contribution in [3.8, 4) is 0 Å². The molecule has 0 saturated carbocycles. The summed E-state index contributed by atoms with van der Waals surface area (Å²) >= 11 is 0. The average Bonchev–Trinajstić information content (AvgIpc) is 2.87. The lowest BCUT2D eigenvalue weighted by Crippen LogP contribution is -2.35. The van der Waals surface area contributed by atoms with Crippen LogP contribution in [0.1, 0.15) is 28.7 Å². The zero-order valence-electron chi connectivity index (χ0n) is 14.4. The maximum atomic E-state index is 12.6. The fourth-order valence-corrected chi connectivity index (χ4v) is 3.68. The van der Waals surface area contributed by atoms with E-state index in [0.29, 0.717) is 11.3 Å². The fraction of sp³-hybridized carbons (Fsp3) is 0.312. The summed E-state index contributed by atoms with van der Waals surface area (Å²) in [5.41, 5.74) is 1.24. The first-order valence-electron chi connectivity index (χ1n) is 7.43. The Morgan fingerprint density at radius 3 is 2.28 bits per heavy atom. The third kappa shape index (κ3) is 4.12. The van der Waals surface area contributed by atoms with Crippen molar-refractivity contribution in [3.63, 3.8) is 0 Å². The molecule has 1 aromatic heterocycles. The molecule has 1 heterocycles. The maximum Gasteiger partial charge on any atom is 0.248 e. The van der Waals surface area contributed by atoms with Gasteiger partial charge in [0.05, 0.1) is 6.54 Å². The number of likely N-dealkylation sites (N-methyl/N-ethyl adjacent to an activating group) is 1. The van der Waals surface area contributed by atoms with E-state index in [1.807, 2.05) is 0 Å². The van der Waals surface area contributed by atoms with Crippen LogP contribution in [0.4, 0.5) is 5.69 Å². The smallest absolute Gasteiger partial charge is 0.248 e. The first-order chi connectivity index (χ1) is 11.6. The van der Waals surface area contributed by atoms with E-state index in [1.165, 1.54) is 27.8 Å². The van der Waals surface area contributed by atoms with E-state index in [9.17, 15) is 18.0 Å². The molecule has 0 unspecified atom stereocenters. The van der Waals surface area contributed by atoms with Crippen molar-refractivity contribution >= 4 is 27.4 Å². The minimum atomic E-state index is -3.89. The quantitative estimate of drug-likeness (QED) is 0.781. The van der Waals surface area contributed by atoms with Gasteiger partial charge in [-0.15, -0.1) is 0 Å². The molecule has 0 aliphatic rings. The number of carbonyl (C=O) groups is 2. The second kappa shape index (κ2) is 7.16. The highest BCUT2D eigenvalue weighted by Crippen LogP contribution is 2.22. The van der Waals surface area contributed by atoms with Crippen molar-refractivity contribution in [2.75, 3.05) is 18.9 Å². The summed E-state index contributed by atoms with van der Waals surface area (Å²) in [6.07, 6.45) is 0. The first kappa shape index (κ1) is 18.8. The molecule has 2 rings (SSSR count). The Kier molecular flexibility index (Phi) is 5.39. The second-order valence-corrected chi connectivity index (χ2v) is 7.58. The van der Waals surface area contributed by atoms with E-state index in [1.54, 1.807) is 24.3 Å². The number of aromatic nitrogens is 1. The standard InChI is InChI=1S/C16H19N3O5S/c1-10-16(12(3)24-18-10)25(22,23)19(4)9-15(21)17-14-7-5-13(6-8-14)11(2)20/h5-8H,9H2,1-4H3,(H,17,21). The summed E-state index contributed by atoms with van der Waals surface area (Å²) in [7, 11) is -2.59. The number of anilines is 1. The lowest BCUT2D eigenvalue weighted by Gasteiger charge is -2.16. The van der Waals surface area contributed by atoms with Crippen molar-refractivity contribution in [3.05, 3.63) is 41.3 Å². The minimum absolute atomic E-state index is 0.0337. The van der Waals surface area contributed by atoms with E-state index >= 15 is 0 Å². The first-order valence-corrected chi connectivity index (χ1v) is 8.87. The Morgan fingerprint density at radius 2 is 1.80 bits per heavy atom. The van der Waals surface area contributed by atoms with Gasteiger partial charge in [-0.1, -0.05) is 5.16 Å². The van der Waals surface area contributed by atoms with Crippen LogP contribution in [0, 0.1) is 13.8 Å². The number of aryl methyl sites for hydroxylation is 2. The van der Waals surface area contributed by atoms with E-state index < -0.39 is 15.9 Å². The SMILES string of the molecule is CC(=O)c1ccc(NC(=O)CN(C)S(=O)(=O)c2c(C)noc2C)cc1. The summed E-state index contributed by atoms with van der Waals surface area (Å²) in [5, 5.41) is 6.22. The zero-order chi connectivity index (χ0) is 18.8. The lowest BCUT2D eigenvalue weighted by molar-refractivity contribution is -0.116. The van der Waals surface area contributed by atoms with Gasteiger partial charge in [0.2, 0.25) is 15.9 Å². The molecule has 1 N–H and O–H groups in total. The highest BCUT2D eigenvalue weighted by Gasteiger charge is 2.29. The number of nitrogens with zero attached hydrogens (tertiary/aromatic N) is 2. The van der Waals surface area contributed by atoms with E-state index in [4.69, 9.17) is 4.52 Å². The molecule has 0 aliphatic carbocycles. The summed E-state index contributed by atoms with van der Waals surface area (Å²) in [5.74, 6) is -0.416. The molecule has 0 bridgehead atoms. The van der Waals surface area contributed by atoms with E-state index in [-0.39, 0.29) is 28.7 Å². The highest BCUT2D eigenvalue weighted by atomic mass is 32.2. The normalized spacial score (nSPS) is 11.6. The third-order valence-corrected chi connectivity index (χ3v) is 5.63. The number of Topliss-reactive ketones (excluding diaryl/α,β-unsaturated/α-hetero) is 1. The minimum Gasteiger partial charge on any atom is -0.360 e. The largest absolute Gasteiger partial charge is 0.360 e. The predicted molar refractivity (Wildman–Crippen MR) is 90.9 cm³/mol. The highest BCUT2D eigenvalue weighted by molar-refractivity contribution is 7.89. The number of rotatable bonds is 6. The van der Waals surface area contributed by atoms with Gasteiger partial charge in [0, 0.05) is 18.3 Å². The Bertz CT molecular complexity index is 881. The molecule has 8 nitrogen and oxygen atoms in total. The van der Waals surface area contributed by atoms with Gasteiger partial charge >= 0.3 is 0 Å². The zero-order valence-corrected chi connectivity index (χ0v) is 15.2. The number of nitrogens with one attached hydrogen (secondary N) is 1. The van der Waals surface area contributed by atoms with Crippen molar-refractivity contribution in [1.29, 1.82) is 0 Å². The van der Waals surface area contributed by atoms with E-state index in [0.717, 1.165) is 4.31 Å². The Hall–Kier alpha value is -2.52. The number of hydrogen-bond acceptors (Lipinski definition) is 6. The number of hydrogen-bond donors (Lipinski definition) is 1. The van der Waals surface area contributed by atoms with Crippen LogP contribution < -0.4 is 5.32 Å². The van der Waals surface area contributed by atoms with Gasteiger partial charge in [-0.2, -0.15) is 4.31 Å². The molecule has 0 fully saturated rings. The summed E-state index contributed by atoms with van der Waals surface area (Å²) < 4.78 is 30.9. The third-order valence-electron chi connectivity index (χ3n) is 3.58. The molecule has 25 heavy (non-hydrogen) atoms. The molecule has 1 aromatic carbocycles. The van der Waals surface area contributed by atoms with Crippen LogP contribution in [0.3, 0.4) is 0 Å². The molecule has 0 radical (unpaired) electrons. The van der Waals surface area contributed by atoms with Crippen molar-refractivity contribution in [2.24, 2.45) is 0 Å². The number of benzene rings is 1. The van der Waals surface area contributed by atoms with Gasteiger partial charge in [-0.3, -0.25) is 9.59 Å². The molecule has 0 aliphatic heterocycles. The van der Waals surface area contributed by atoms with Crippen LogP contribution in [-0.4, -0.2) is 43.2 Å². The van der Waals surface area contributed by atoms with Gasteiger partial charge in [0.25, 0.3) is 0 Å². The van der Waals surface area contributed by atoms with Gasteiger partial charge in [0.1, 0.15) is 10.6 Å². The molecular formula is C16H19N3O5S. The van der Waals surface area contributed by atoms with Crippen LogP contribution in [0.5, 0.6) is 0 Å². The number of amides is 1. The number of carbonyl (C=O) groups excluding carboxylic acids is 2. The summed E-state index contributed by atoms with van der Waals surface area (Å²) in [6.45, 7) is 4.09. The Balaban J connectivity index is 2.08. The fourth-order valence-electron chi connectivity index (χ4n) is 2.27. The summed E-state index contributed by atoms with van der Waals surface area (Å²) in [4.78, 5) is 23.3. The van der Waals surface area contributed by atoms with Crippen LogP contribution >= 0.6 is 0 Å². The van der Waals surface area contributed by atoms with Gasteiger partial charge in [-0.25, -0.2) is 8.42 Å². The molecule has 0 saturated heterocycles. The molecule has 0 atom stereocenters. The van der Waals surface area contributed by atoms with Crippen molar-refractivity contribution in [2.45, 2.75) is 25.7 Å². The second-order valence-electron chi connectivity index (χ2n) is 5.60. The maximum absolute atomic E-state index is 12.6. The van der Waals surface area contributed by atoms with Gasteiger partial charge in [-0.05, 0) is 45.0 Å². The molecule has 134 valence electrons. The molecular weight excluding hydrogens is 346 g/mol. The average molecular weight is 365 g/mol. The van der Waals surface area contributed by atoms with Gasteiger partial charge in [0.15, 0.2) is 11.5 Å². The predicted octanol–water partition coefficient (Wildman–Crippen LogP) is 1.75. The van der Waals surface area contributed by atoms with Crippen LogP contribution in [0.25, 0.3) is 0 Å². The number of sulfonamides is 1. The van der Waals surface area contributed by atoms with Crippen molar-refractivity contribution < 1.29 is 22.5 Å². The summed E-state index contributed by atoms with van der Waals surface area (Å²) in [6, 6.07) is 6.33. The molecule has 1 amide bonds. The lowest BCUT2D eigenvalue weighted by atomic mass is 10.1. The monoisotopic (exact) mass is 365 g/mol. The number of ketones is 1. The van der Waals surface area contributed by atoms with E-state index in [2.05, 4.69) is 10.5 Å². The van der Waals surface area contributed by atoms with Crippen LogP contribution in [0.15, 0.2) is 33.7 Å². The Morgan fingerprint density at radius 1 is 1.20 bits per heavy atom.